The smallest absolute Gasteiger partial charge is 0.319 e. The number of para-hydroxylation sites is 2. The number of hydrogen-bond acceptors (Lipinski definition) is 3. The van der Waals surface area contributed by atoms with E-state index in [4.69, 9.17) is 9.72 Å². The highest BCUT2D eigenvalue weighted by Gasteiger charge is 2.50. The van der Waals surface area contributed by atoms with Crippen LogP contribution < -0.4 is 0 Å². The van der Waals surface area contributed by atoms with Gasteiger partial charge in [-0.05, 0) is 38.3 Å². The lowest BCUT2D eigenvalue weighted by Crippen LogP contribution is -2.45. The fourth-order valence-electron chi connectivity index (χ4n) is 3.21. The van der Waals surface area contributed by atoms with Crippen LogP contribution in [0.15, 0.2) is 24.3 Å². The lowest BCUT2D eigenvalue weighted by Gasteiger charge is -2.38. The summed E-state index contributed by atoms with van der Waals surface area (Å²) in [5.74, 6) is 0.791. The van der Waals surface area contributed by atoms with Crippen LogP contribution in [0.3, 0.4) is 0 Å². The van der Waals surface area contributed by atoms with E-state index in [2.05, 4.69) is 17.6 Å². The zero-order valence-electron chi connectivity index (χ0n) is 12.8. The monoisotopic (exact) mass is 286 g/mol. The summed E-state index contributed by atoms with van der Waals surface area (Å²) in [6.45, 7) is 5.32. The van der Waals surface area contributed by atoms with Gasteiger partial charge in [-0.15, -0.1) is 0 Å². The van der Waals surface area contributed by atoms with E-state index in [0.29, 0.717) is 6.61 Å². The SMILES string of the molecule is CCCn1c(C2(C(=O)OCC)CCC2)nc2ccccc21. The van der Waals surface area contributed by atoms with E-state index in [1.54, 1.807) is 0 Å². The molecular formula is C17H22N2O2. The fourth-order valence-corrected chi connectivity index (χ4v) is 3.21. The number of nitrogens with zero attached hydrogens (tertiary/aromatic N) is 2. The van der Waals surface area contributed by atoms with Gasteiger partial charge in [0.1, 0.15) is 11.2 Å². The molecule has 1 heterocycles. The van der Waals surface area contributed by atoms with Crippen molar-refractivity contribution >= 4 is 17.0 Å². The summed E-state index contributed by atoms with van der Waals surface area (Å²) in [6.07, 6.45) is 3.78. The molecule has 0 atom stereocenters. The van der Waals surface area contributed by atoms with Crippen LogP contribution in [-0.4, -0.2) is 22.1 Å². The van der Waals surface area contributed by atoms with Crippen LogP contribution in [0.1, 0.15) is 45.4 Å². The number of carbonyl (C=O) groups is 1. The lowest BCUT2D eigenvalue weighted by atomic mass is 9.68. The minimum Gasteiger partial charge on any atom is -0.465 e. The Kier molecular flexibility index (Phi) is 3.70. The largest absolute Gasteiger partial charge is 0.465 e. The van der Waals surface area contributed by atoms with E-state index in [1.165, 1.54) is 0 Å². The molecule has 1 saturated carbocycles. The highest BCUT2D eigenvalue weighted by atomic mass is 16.5. The van der Waals surface area contributed by atoms with Crippen molar-refractivity contribution < 1.29 is 9.53 Å². The summed E-state index contributed by atoms with van der Waals surface area (Å²) in [5, 5.41) is 0. The van der Waals surface area contributed by atoms with Crippen LogP contribution in [0.5, 0.6) is 0 Å². The Morgan fingerprint density at radius 3 is 2.71 bits per heavy atom. The molecule has 0 bridgehead atoms. The first-order valence-corrected chi connectivity index (χ1v) is 7.86. The second-order valence-electron chi connectivity index (χ2n) is 5.73. The standard InChI is InChI=1S/C17H22N2O2/c1-3-12-19-14-9-6-5-8-13(14)18-15(19)17(10-7-11-17)16(20)21-4-2/h5-6,8-9H,3-4,7,10-12H2,1-2H3. The molecule has 0 N–H and O–H groups in total. The van der Waals surface area contributed by atoms with E-state index in [9.17, 15) is 4.79 Å². The number of imidazole rings is 1. The first-order chi connectivity index (χ1) is 10.2. The number of aryl methyl sites for hydroxylation is 1. The Hall–Kier alpha value is -1.84. The second kappa shape index (κ2) is 5.51. The Morgan fingerprint density at radius 1 is 1.33 bits per heavy atom. The average Bonchev–Trinajstić information content (AvgIpc) is 2.78. The Labute approximate surface area is 125 Å². The molecule has 0 unspecified atom stereocenters. The second-order valence-corrected chi connectivity index (χ2v) is 5.73. The molecule has 3 rings (SSSR count). The quantitative estimate of drug-likeness (QED) is 0.791. The van der Waals surface area contributed by atoms with Gasteiger partial charge in [0.15, 0.2) is 0 Å². The third-order valence-corrected chi connectivity index (χ3v) is 4.40. The van der Waals surface area contributed by atoms with Crippen molar-refractivity contribution in [3.63, 3.8) is 0 Å². The summed E-state index contributed by atoms with van der Waals surface area (Å²) in [5.41, 5.74) is 1.56. The Morgan fingerprint density at radius 2 is 2.10 bits per heavy atom. The van der Waals surface area contributed by atoms with Gasteiger partial charge in [0.2, 0.25) is 0 Å². The van der Waals surface area contributed by atoms with Crippen molar-refractivity contribution in [2.75, 3.05) is 6.61 Å². The lowest BCUT2D eigenvalue weighted by molar-refractivity contribution is -0.154. The van der Waals surface area contributed by atoms with E-state index < -0.39 is 5.41 Å². The van der Waals surface area contributed by atoms with E-state index in [1.807, 2.05) is 25.1 Å². The number of aromatic nitrogens is 2. The van der Waals surface area contributed by atoms with E-state index in [0.717, 1.165) is 49.1 Å². The molecule has 21 heavy (non-hydrogen) atoms. The van der Waals surface area contributed by atoms with Gasteiger partial charge in [0, 0.05) is 6.54 Å². The number of fused-ring (bicyclic) bond motifs is 1. The van der Waals surface area contributed by atoms with Gasteiger partial charge < -0.3 is 9.30 Å². The Balaban J connectivity index is 2.13. The van der Waals surface area contributed by atoms with Crippen molar-refractivity contribution in [1.82, 2.24) is 9.55 Å². The molecule has 0 saturated heterocycles. The summed E-state index contributed by atoms with van der Waals surface area (Å²) in [7, 11) is 0. The molecule has 1 aromatic carbocycles. The predicted molar refractivity (Wildman–Crippen MR) is 82.2 cm³/mol. The summed E-state index contributed by atoms with van der Waals surface area (Å²) in [6, 6.07) is 8.12. The Bertz CT molecular complexity index is 656. The zero-order chi connectivity index (χ0) is 14.9. The van der Waals surface area contributed by atoms with Crippen LogP contribution in [0.4, 0.5) is 0 Å². The number of carbonyl (C=O) groups excluding carboxylic acids is 1. The molecule has 4 nitrogen and oxygen atoms in total. The van der Waals surface area contributed by atoms with Crippen molar-refractivity contribution in [3.8, 4) is 0 Å². The van der Waals surface area contributed by atoms with Crippen LogP contribution in [-0.2, 0) is 21.5 Å². The van der Waals surface area contributed by atoms with Gasteiger partial charge in [-0.3, -0.25) is 4.79 Å². The van der Waals surface area contributed by atoms with Crippen LogP contribution >= 0.6 is 0 Å². The molecule has 0 radical (unpaired) electrons. The van der Waals surface area contributed by atoms with Crippen molar-refractivity contribution in [1.29, 1.82) is 0 Å². The molecule has 4 heteroatoms. The maximum atomic E-state index is 12.5. The maximum Gasteiger partial charge on any atom is 0.319 e. The minimum absolute atomic E-state index is 0.107. The highest BCUT2D eigenvalue weighted by Crippen LogP contribution is 2.45. The third-order valence-electron chi connectivity index (χ3n) is 4.40. The van der Waals surface area contributed by atoms with Gasteiger partial charge in [-0.25, -0.2) is 4.98 Å². The fraction of sp³-hybridized carbons (Fsp3) is 0.529. The first kappa shape index (κ1) is 14.1. The van der Waals surface area contributed by atoms with E-state index in [-0.39, 0.29) is 5.97 Å². The molecule has 1 aromatic heterocycles. The van der Waals surface area contributed by atoms with Crippen molar-refractivity contribution in [3.05, 3.63) is 30.1 Å². The molecule has 112 valence electrons. The molecule has 1 aliphatic carbocycles. The highest BCUT2D eigenvalue weighted by molar-refractivity contribution is 5.86. The predicted octanol–water partition coefficient (Wildman–Crippen LogP) is 3.43. The van der Waals surface area contributed by atoms with Gasteiger partial charge in [-0.1, -0.05) is 25.5 Å². The number of ether oxygens (including phenoxy) is 1. The minimum atomic E-state index is -0.524. The summed E-state index contributed by atoms with van der Waals surface area (Å²) in [4.78, 5) is 17.3. The van der Waals surface area contributed by atoms with Crippen LogP contribution in [0.25, 0.3) is 11.0 Å². The molecular weight excluding hydrogens is 264 g/mol. The maximum absolute atomic E-state index is 12.5. The van der Waals surface area contributed by atoms with Crippen molar-refractivity contribution in [2.45, 2.75) is 51.5 Å². The van der Waals surface area contributed by atoms with E-state index >= 15 is 0 Å². The molecule has 0 aliphatic heterocycles. The van der Waals surface area contributed by atoms with Gasteiger partial charge in [0.25, 0.3) is 0 Å². The number of hydrogen-bond donors (Lipinski definition) is 0. The van der Waals surface area contributed by atoms with Gasteiger partial charge >= 0.3 is 5.97 Å². The third kappa shape index (κ3) is 2.13. The topological polar surface area (TPSA) is 44.1 Å². The molecule has 2 aromatic rings. The van der Waals surface area contributed by atoms with Gasteiger partial charge in [0.05, 0.1) is 17.6 Å². The van der Waals surface area contributed by atoms with Crippen LogP contribution in [0.2, 0.25) is 0 Å². The van der Waals surface area contributed by atoms with Crippen LogP contribution in [0, 0.1) is 0 Å². The average molecular weight is 286 g/mol. The summed E-state index contributed by atoms with van der Waals surface area (Å²) < 4.78 is 7.55. The molecule has 0 amide bonds. The number of benzene rings is 1. The molecule has 1 aliphatic rings. The number of esters is 1. The van der Waals surface area contributed by atoms with Crippen molar-refractivity contribution in [2.24, 2.45) is 0 Å². The normalized spacial score (nSPS) is 16.7. The molecule has 1 fully saturated rings. The summed E-state index contributed by atoms with van der Waals surface area (Å²) >= 11 is 0. The first-order valence-electron chi connectivity index (χ1n) is 7.86. The molecule has 0 spiro atoms. The number of rotatable bonds is 5. The van der Waals surface area contributed by atoms with Gasteiger partial charge in [-0.2, -0.15) is 0 Å². The zero-order valence-corrected chi connectivity index (χ0v) is 12.8.